The first-order valence-electron chi connectivity index (χ1n) is 8.11. The van der Waals surface area contributed by atoms with Gasteiger partial charge in [0.2, 0.25) is 0 Å². The molecule has 1 aliphatic rings. The van der Waals surface area contributed by atoms with Gasteiger partial charge in [-0.1, -0.05) is 24.0 Å². The molecule has 1 aliphatic heterocycles. The molecule has 0 radical (unpaired) electrons. The molecule has 4 rings (SSSR count). The minimum absolute atomic E-state index is 0.0919. The van der Waals surface area contributed by atoms with Crippen LogP contribution in [0.5, 0.6) is 0 Å². The van der Waals surface area contributed by atoms with Crippen molar-refractivity contribution in [3.05, 3.63) is 71.0 Å². The lowest BCUT2D eigenvalue weighted by atomic mass is 10.1. The Labute approximate surface area is 168 Å². The number of hydrogen-bond acceptors (Lipinski definition) is 5. The Balaban J connectivity index is 1.86. The Morgan fingerprint density at radius 1 is 1.25 bits per heavy atom. The van der Waals surface area contributed by atoms with Gasteiger partial charge in [0.05, 0.1) is 4.91 Å². The Bertz CT molecular complexity index is 1130. The largest absolute Gasteiger partial charge is 0.296 e. The van der Waals surface area contributed by atoms with E-state index >= 15 is 0 Å². The first kappa shape index (κ1) is 18.5. The van der Waals surface area contributed by atoms with Crippen molar-refractivity contribution in [2.24, 2.45) is 0 Å². The average Bonchev–Trinajstić information content (AvgIpc) is 3.19. The van der Waals surface area contributed by atoms with Crippen LogP contribution in [0.15, 0.2) is 53.8 Å². The molecule has 9 heteroatoms. The van der Waals surface area contributed by atoms with Gasteiger partial charge in [-0.3, -0.25) is 14.7 Å². The van der Waals surface area contributed by atoms with Gasteiger partial charge in [0.1, 0.15) is 21.5 Å². The van der Waals surface area contributed by atoms with Crippen molar-refractivity contribution in [3.63, 3.8) is 0 Å². The second-order valence-corrected chi connectivity index (χ2v) is 7.63. The maximum atomic E-state index is 14.2. The number of thioether (sulfide) groups is 1. The predicted octanol–water partition coefficient (Wildman–Crippen LogP) is 4.04. The fraction of sp³-hybridized carbons (Fsp3) is 0.0526. The van der Waals surface area contributed by atoms with Crippen LogP contribution in [0.2, 0.25) is 0 Å². The van der Waals surface area contributed by atoms with Crippen LogP contribution in [0.3, 0.4) is 0 Å². The second kappa shape index (κ2) is 7.25. The van der Waals surface area contributed by atoms with E-state index < -0.39 is 11.6 Å². The van der Waals surface area contributed by atoms with Gasteiger partial charge in [0.25, 0.3) is 5.91 Å². The third-order valence-electron chi connectivity index (χ3n) is 4.11. The van der Waals surface area contributed by atoms with E-state index in [1.807, 2.05) is 6.07 Å². The van der Waals surface area contributed by atoms with Crippen LogP contribution < -0.4 is 0 Å². The van der Waals surface area contributed by atoms with E-state index in [4.69, 9.17) is 12.2 Å². The number of rotatable bonds is 3. The third kappa shape index (κ3) is 3.34. The fourth-order valence-electron chi connectivity index (χ4n) is 2.70. The van der Waals surface area contributed by atoms with Crippen LogP contribution >= 0.6 is 24.0 Å². The quantitative estimate of drug-likeness (QED) is 0.478. The Hall–Kier alpha value is -2.91. The van der Waals surface area contributed by atoms with Crippen molar-refractivity contribution in [2.45, 2.75) is 0 Å². The number of carbonyl (C=O) groups is 1. The molecule has 0 atom stereocenters. The highest BCUT2D eigenvalue weighted by Gasteiger charge is 2.29. The number of likely N-dealkylation sites (N-methyl/N-ethyl adjacent to an activating group) is 1. The van der Waals surface area contributed by atoms with E-state index in [-0.39, 0.29) is 11.6 Å². The topological polar surface area (TPSA) is 51.0 Å². The molecule has 0 aliphatic carbocycles. The standard InChI is InChI=1S/C19H12F2N4OS2/c1-24-18(26)16(28-19(24)27)7-12-10-25(15-5-4-13(20)8-14(15)21)23-17(12)11-3-2-6-22-9-11/h2-10H,1H3/b16-7-. The van der Waals surface area contributed by atoms with Gasteiger partial charge in [0.15, 0.2) is 5.82 Å². The monoisotopic (exact) mass is 414 g/mol. The maximum absolute atomic E-state index is 14.2. The SMILES string of the molecule is CN1C(=O)/C(=C/c2cn(-c3ccc(F)cc3F)nc2-c2cccnc2)SC1=S. The molecule has 140 valence electrons. The van der Waals surface area contributed by atoms with Crippen LogP contribution in [0.25, 0.3) is 23.0 Å². The second-order valence-electron chi connectivity index (χ2n) is 5.96. The molecule has 3 heterocycles. The van der Waals surface area contributed by atoms with Crippen molar-refractivity contribution < 1.29 is 13.6 Å². The Kier molecular flexibility index (Phi) is 4.78. The summed E-state index contributed by atoms with van der Waals surface area (Å²) in [6.07, 6.45) is 6.50. The minimum Gasteiger partial charge on any atom is -0.296 e. The first-order valence-corrected chi connectivity index (χ1v) is 9.33. The molecule has 5 nitrogen and oxygen atoms in total. The summed E-state index contributed by atoms with van der Waals surface area (Å²) in [5.74, 6) is -1.63. The number of nitrogens with zero attached hydrogens (tertiary/aromatic N) is 4. The number of pyridine rings is 1. The van der Waals surface area contributed by atoms with Crippen molar-refractivity contribution >= 4 is 40.3 Å². The van der Waals surface area contributed by atoms with Crippen LogP contribution in [0.4, 0.5) is 8.78 Å². The lowest BCUT2D eigenvalue weighted by Gasteiger charge is -2.03. The van der Waals surface area contributed by atoms with Crippen LogP contribution in [-0.4, -0.2) is 36.9 Å². The fourth-order valence-corrected chi connectivity index (χ4v) is 3.87. The van der Waals surface area contributed by atoms with E-state index in [0.717, 1.165) is 12.1 Å². The highest BCUT2D eigenvalue weighted by atomic mass is 32.2. The minimum atomic E-state index is -0.744. The number of amides is 1. The summed E-state index contributed by atoms with van der Waals surface area (Å²) in [6.45, 7) is 0. The summed E-state index contributed by atoms with van der Waals surface area (Å²) < 4.78 is 29.3. The summed E-state index contributed by atoms with van der Waals surface area (Å²) in [6, 6.07) is 6.82. The van der Waals surface area contributed by atoms with Crippen molar-refractivity contribution in [1.29, 1.82) is 0 Å². The number of halogens is 2. The van der Waals surface area contributed by atoms with Crippen LogP contribution in [0.1, 0.15) is 5.56 Å². The third-order valence-corrected chi connectivity index (χ3v) is 5.59. The molecule has 1 saturated heterocycles. The number of aromatic nitrogens is 3. The lowest BCUT2D eigenvalue weighted by Crippen LogP contribution is -2.22. The van der Waals surface area contributed by atoms with Gasteiger partial charge in [-0.15, -0.1) is 0 Å². The molecule has 2 aromatic heterocycles. The first-order chi connectivity index (χ1) is 13.4. The zero-order valence-corrected chi connectivity index (χ0v) is 16.1. The molecule has 1 fully saturated rings. The molecule has 3 aromatic rings. The zero-order valence-electron chi connectivity index (χ0n) is 14.5. The number of hydrogen-bond donors (Lipinski definition) is 0. The molecule has 28 heavy (non-hydrogen) atoms. The zero-order chi connectivity index (χ0) is 19.8. The van der Waals surface area contributed by atoms with E-state index in [0.29, 0.717) is 26.0 Å². The normalized spacial score (nSPS) is 15.7. The molecule has 1 amide bonds. The molecule has 0 saturated carbocycles. The maximum Gasteiger partial charge on any atom is 0.265 e. The number of benzene rings is 1. The van der Waals surface area contributed by atoms with Gasteiger partial charge in [-0.2, -0.15) is 5.10 Å². The van der Waals surface area contributed by atoms with Gasteiger partial charge in [-0.05, 0) is 30.3 Å². The smallest absolute Gasteiger partial charge is 0.265 e. The van der Waals surface area contributed by atoms with E-state index in [1.54, 1.807) is 37.8 Å². The molecule has 0 N–H and O–H groups in total. The van der Waals surface area contributed by atoms with Crippen molar-refractivity contribution in [1.82, 2.24) is 19.7 Å². The lowest BCUT2D eigenvalue weighted by molar-refractivity contribution is -0.121. The average molecular weight is 414 g/mol. The van der Waals surface area contributed by atoms with Crippen molar-refractivity contribution in [3.8, 4) is 16.9 Å². The van der Waals surface area contributed by atoms with Crippen LogP contribution in [0, 0.1) is 11.6 Å². The van der Waals surface area contributed by atoms with Gasteiger partial charge in [-0.25, -0.2) is 13.5 Å². The highest BCUT2D eigenvalue weighted by molar-refractivity contribution is 8.26. The molecule has 1 aromatic carbocycles. The summed E-state index contributed by atoms with van der Waals surface area (Å²) in [7, 11) is 1.61. The number of thiocarbonyl (C=S) groups is 1. The Morgan fingerprint density at radius 3 is 2.71 bits per heavy atom. The molecule has 0 unspecified atom stereocenters. The van der Waals surface area contributed by atoms with Crippen LogP contribution in [-0.2, 0) is 4.79 Å². The van der Waals surface area contributed by atoms with Gasteiger partial charge in [0, 0.05) is 42.8 Å². The Morgan fingerprint density at radius 2 is 2.07 bits per heavy atom. The highest BCUT2D eigenvalue weighted by Crippen LogP contribution is 2.34. The molecular formula is C19H12F2N4OS2. The van der Waals surface area contributed by atoms with Gasteiger partial charge < -0.3 is 0 Å². The summed E-state index contributed by atoms with van der Waals surface area (Å²) in [4.78, 5) is 18.3. The molecular weight excluding hydrogens is 402 g/mol. The molecule has 0 spiro atoms. The van der Waals surface area contributed by atoms with E-state index in [1.165, 1.54) is 27.4 Å². The predicted molar refractivity (Wildman–Crippen MR) is 108 cm³/mol. The number of carbonyl (C=O) groups excluding carboxylic acids is 1. The summed E-state index contributed by atoms with van der Waals surface area (Å²) in [5, 5.41) is 4.45. The molecule has 0 bridgehead atoms. The van der Waals surface area contributed by atoms with Gasteiger partial charge >= 0.3 is 0 Å². The van der Waals surface area contributed by atoms with E-state index in [2.05, 4.69) is 10.1 Å². The summed E-state index contributed by atoms with van der Waals surface area (Å²) in [5.41, 5.74) is 1.89. The van der Waals surface area contributed by atoms with Crippen molar-refractivity contribution in [2.75, 3.05) is 7.05 Å². The van der Waals surface area contributed by atoms with E-state index in [9.17, 15) is 13.6 Å². The summed E-state index contributed by atoms with van der Waals surface area (Å²) >= 11 is 6.34.